The van der Waals surface area contributed by atoms with E-state index in [4.69, 9.17) is 9.47 Å². The van der Waals surface area contributed by atoms with Gasteiger partial charge in [0.05, 0.1) is 7.11 Å². The molecule has 0 spiro atoms. The van der Waals surface area contributed by atoms with Crippen LogP contribution in [0.1, 0.15) is 28.4 Å². The Kier molecular flexibility index (Phi) is 5.03. The lowest BCUT2D eigenvalue weighted by molar-refractivity contribution is -0.138. The fourth-order valence-electron chi connectivity index (χ4n) is 3.04. The minimum atomic E-state index is -0.638. The highest BCUT2D eigenvalue weighted by Crippen LogP contribution is 2.29. The predicted octanol–water partition coefficient (Wildman–Crippen LogP) is 2.86. The van der Waals surface area contributed by atoms with Crippen molar-refractivity contribution in [1.82, 2.24) is 4.90 Å². The van der Waals surface area contributed by atoms with E-state index in [1.54, 1.807) is 25.1 Å². The fourth-order valence-corrected chi connectivity index (χ4v) is 3.04. The van der Waals surface area contributed by atoms with Gasteiger partial charge in [-0.2, -0.15) is 0 Å². The number of methoxy groups -OCH3 is 1. The Balaban J connectivity index is 1.70. The van der Waals surface area contributed by atoms with Crippen molar-refractivity contribution in [2.45, 2.75) is 26.0 Å². The molecule has 0 fully saturated rings. The van der Waals surface area contributed by atoms with Crippen molar-refractivity contribution in [3.05, 3.63) is 59.2 Å². The minimum Gasteiger partial charge on any atom is -0.493 e. The van der Waals surface area contributed by atoms with Crippen LogP contribution in [-0.4, -0.2) is 36.9 Å². The van der Waals surface area contributed by atoms with Gasteiger partial charge in [-0.25, -0.2) is 0 Å². The zero-order valence-electron chi connectivity index (χ0n) is 14.4. The van der Waals surface area contributed by atoms with Gasteiger partial charge in [-0.15, -0.1) is 0 Å². The molecular weight excluding hydrogens is 318 g/mol. The molecule has 1 aliphatic rings. The van der Waals surface area contributed by atoms with E-state index >= 15 is 0 Å². The Morgan fingerprint density at radius 3 is 2.64 bits per heavy atom. The number of carbonyl (C=O) groups excluding carboxylic acids is 2. The Hall–Kier alpha value is -2.82. The Bertz CT molecular complexity index is 787. The summed E-state index contributed by atoms with van der Waals surface area (Å²) in [6.07, 6.45) is 0.958. The van der Waals surface area contributed by atoms with Crippen molar-refractivity contribution in [2.24, 2.45) is 0 Å². The van der Waals surface area contributed by atoms with Crippen molar-refractivity contribution < 1.29 is 19.1 Å². The third-order valence-corrected chi connectivity index (χ3v) is 4.42. The van der Waals surface area contributed by atoms with Gasteiger partial charge < -0.3 is 14.4 Å². The highest BCUT2D eigenvalue weighted by molar-refractivity contribution is 5.81. The quantitative estimate of drug-likeness (QED) is 0.786. The maximum Gasteiger partial charge on any atom is 0.263 e. The molecule has 0 bridgehead atoms. The minimum absolute atomic E-state index is 0.0592. The predicted molar refractivity (Wildman–Crippen MR) is 94.0 cm³/mol. The van der Waals surface area contributed by atoms with Gasteiger partial charge in [-0.05, 0) is 42.7 Å². The second kappa shape index (κ2) is 7.38. The number of nitrogens with zero attached hydrogens (tertiary/aromatic N) is 1. The summed E-state index contributed by atoms with van der Waals surface area (Å²) in [6.45, 7) is 3.02. The topological polar surface area (TPSA) is 55.8 Å². The maximum atomic E-state index is 12.7. The van der Waals surface area contributed by atoms with Gasteiger partial charge in [-0.1, -0.05) is 24.3 Å². The van der Waals surface area contributed by atoms with Crippen molar-refractivity contribution in [2.75, 3.05) is 13.7 Å². The molecule has 0 saturated carbocycles. The lowest BCUT2D eigenvalue weighted by Gasteiger charge is -2.31. The SMILES string of the molecule is COc1cc(C=O)ccc1OC(C)C(=O)N1CCc2ccccc2C1. The summed E-state index contributed by atoms with van der Waals surface area (Å²) in [7, 11) is 1.50. The molecule has 2 aromatic carbocycles. The van der Waals surface area contributed by atoms with E-state index in [1.165, 1.54) is 18.2 Å². The molecule has 0 aromatic heterocycles. The monoisotopic (exact) mass is 339 g/mol. The normalized spacial score (nSPS) is 14.4. The first-order valence-corrected chi connectivity index (χ1v) is 8.28. The molecule has 1 atom stereocenters. The smallest absolute Gasteiger partial charge is 0.263 e. The molecule has 2 aromatic rings. The van der Waals surface area contributed by atoms with Crippen molar-refractivity contribution in [3.63, 3.8) is 0 Å². The number of amides is 1. The molecule has 1 amide bonds. The lowest BCUT2D eigenvalue weighted by atomic mass is 9.99. The van der Waals surface area contributed by atoms with E-state index in [9.17, 15) is 9.59 Å². The van der Waals surface area contributed by atoms with E-state index in [0.717, 1.165) is 12.7 Å². The van der Waals surface area contributed by atoms with Gasteiger partial charge in [0.15, 0.2) is 17.6 Å². The van der Waals surface area contributed by atoms with Crippen molar-refractivity contribution in [1.29, 1.82) is 0 Å². The zero-order chi connectivity index (χ0) is 17.8. The van der Waals surface area contributed by atoms with Gasteiger partial charge in [0.25, 0.3) is 5.91 Å². The summed E-state index contributed by atoms with van der Waals surface area (Å²) in [5, 5.41) is 0. The summed E-state index contributed by atoms with van der Waals surface area (Å²) >= 11 is 0. The van der Waals surface area contributed by atoms with Crippen LogP contribution in [0.2, 0.25) is 0 Å². The van der Waals surface area contributed by atoms with Gasteiger partial charge in [-0.3, -0.25) is 9.59 Å². The Morgan fingerprint density at radius 1 is 1.16 bits per heavy atom. The Labute approximate surface area is 147 Å². The van der Waals surface area contributed by atoms with E-state index < -0.39 is 6.10 Å². The first kappa shape index (κ1) is 17.0. The number of fused-ring (bicyclic) bond motifs is 1. The summed E-state index contributed by atoms with van der Waals surface area (Å²) in [5.74, 6) is 0.829. The molecule has 0 N–H and O–H groups in total. The molecule has 25 heavy (non-hydrogen) atoms. The van der Waals surface area contributed by atoms with Crippen LogP contribution >= 0.6 is 0 Å². The molecule has 0 radical (unpaired) electrons. The average molecular weight is 339 g/mol. The molecule has 1 unspecified atom stereocenters. The molecule has 130 valence electrons. The fraction of sp³-hybridized carbons (Fsp3) is 0.300. The lowest BCUT2D eigenvalue weighted by Crippen LogP contribution is -2.43. The average Bonchev–Trinajstić information content (AvgIpc) is 2.67. The van der Waals surface area contributed by atoms with Gasteiger partial charge >= 0.3 is 0 Å². The van der Waals surface area contributed by atoms with Crippen LogP contribution in [0, 0.1) is 0 Å². The molecule has 1 heterocycles. The Morgan fingerprint density at radius 2 is 1.92 bits per heavy atom. The van der Waals surface area contributed by atoms with Crippen LogP contribution in [0.5, 0.6) is 11.5 Å². The number of carbonyl (C=O) groups is 2. The number of aldehydes is 1. The largest absolute Gasteiger partial charge is 0.493 e. The first-order chi connectivity index (χ1) is 12.1. The number of benzene rings is 2. The molecule has 3 rings (SSSR count). The van der Waals surface area contributed by atoms with Gasteiger partial charge in [0.1, 0.15) is 6.29 Å². The van der Waals surface area contributed by atoms with Crippen molar-refractivity contribution >= 4 is 12.2 Å². The van der Waals surface area contributed by atoms with E-state index in [-0.39, 0.29) is 5.91 Å². The van der Waals surface area contributed by atoms with Crippen LogP contribution in [-0.2, 0) is 17.8 Å². The van der Waals surface area contributed by atoms with Crippen LogP contribution < -0.4 is 9.47 Å². The molecular formula is C20H21NO4. The molecule has 5 nitrogen and oxygen atoms in total. The number of hydrogen-bond donors (Lipinski definition) is 0. The highest BCUT2D eigenvalue weighted by atomic mass is 16.5. The standard InChI is InChI=1S/C20H21NO4/c1-14(25-18-8-7-15(13-22)11-19(18)24-2)20(23)21-10-9-16-5-3-4-6-17(16)12-21/h3-8,11,13-14H,9-10,12H2,1-2H3. The molecule has 0 saturated heterocycles. The first-order valence-electron chi connectivity index (χ1n) is 8.28. The molecule has 1 aliphatic heterocycles. The zero-order valence-corrected chi connectivity index (χ0v) is 14.4. The van der Waals surface area contributed by atoms with Gasteiger partial charge in [0, 0.05) is 18.7 Å². The number of rotatable bonds is 5. The summed E-state index contributed by atoms with van der Waals surface area (Å²) < 4.78 is 11.1. The third-order valence-electron chi connectivity index (χ3n) is 4.42. The summed E-state index contributed by atoms with van der Waals surface area (Å²) in [5.41, 5.74) is 2.98. The summed E-state index contributed by atoms with van der Waals surface area (Å²) in [4.78, 5) is 25.4. The number of ether oxygens (including phenoxy) is 2. The number of hydrogen-bond acceptors (Lipinski definition) is 4. The van der Waals surface area contributed by atoms with Crippen LogP contribution in [0.15, 0.2) is 42.5 Å². The van der Waals surface area contributed by atoms with Crippen LogP contribution in [0.25, 0.3) is 0 Å². The highest BCUT2D eigenvalue weighted by Gasteiger charge is 2.26. The summed E-state index contributed by atoms with van der Waals surface area (Å²) in [6, 6.07) is 13.1. The second-order valence-corrected chi connectivity index (χ2v) is 6.07. The van der Waals surface area contributed by atoms with E-state index in [2.05, 4.69) is 12.1 Å². The maximum absolute atomic E-state index is 12.7. The van der Waals surface area contributed by atoms with E-state index in [0.29, 0.717) is 30.2 Å². The third kappa shape index (κ3) is 3.65. The van der Waals surface area contributed by atoms with Crippen LogP contribution in [0.4, 0.5) is 0 Å². The molecule has 5 heteroatoms. The second-order valence-electron chi connectivity index (χ2n) is 6.07. The van der Waals surface area contributed by atoms with Gasteiger partial charge in [0.2, 0.25) is 0 Å². The van der Waals surface area contributed by atoms with E-state index in [1.807, 2.05) is 17.0 Å². The van der Waals surface area contributed by atoms with Crippen molar-refractivity contribution in [3.8, 4) is 11.5 Å². The molecule has 0 aliphatic carbocycles. The van der Waals surface area contributed by atoms with Crippen LogP contribution in [0.3, 0.4) is 0 Å².